The van der Waals surface area contributed by atoms with Gasteiger partial charge in [0.2, 0.25) is 0 Å². The predicted octanol–water partition coefficient (Wildman–Crippen LogP) is 2.57. The summed E-state index contributed by atoms with van der Waals surface area (Å²) in [4.78, 5) is 0. The van der Waals surface area contributed by atoms with Crippen molar-refractivity contribution < 1.29 is 9.47 Å². The van der Waals surface area contributed by atoms with Gasteiger partial charge in [-0.25, -0.2) is 0 Å². The van der Waals surface area contributed by atoms with Crippen LogP contribution < -0.4 is 10.5 Å². The van der Waals surface area contributed by atoms with Crippen LogP contribution in [0.3, 0.4) is 0 Å². The molecular formula is C14H21NO2. The van der Waals surface area contributed by atoms with Crippen molar-refractivity contribution in [2.24, 2.45) is 5.73 Å². The first kappa shape index (κ1) is 12.4. The molecule has 3 heteroatoms. The van der Waals surface area contributed by atoms with E-state index < -0.39 is 0 Å². The van der Waals surface area contributed by atoms with Crippen LogP contribution in [0.25, 0.3) is 0 Å². The molecule has 0 fully saturated rings. The summed E-state index contributed by atoms with van der Waals surface area (Å²) >= 11 is 0. The maximum absolute atomic E-state index is 6.25. The molecule has 3 nitrogen and oxygen atoms in total. The molecule has 0 aromatic heterocycles. The summed E-state index contributed by atoms with van der Waals surface area (Å²) in [6, 6.07) is 6.18. The molecule has 1 heterocycles. The minimum Gasteiger partial charge on any atom is -0.484 e. The summed E-state index contributed by atoms with van der Waals surface area (Å²) in [6.45, 7) is 6.15. The summed E-state index contributed by atoms with van der Waals surface area (Å²) < 4.78 is 11.5. The molecule has 0 aliphatic carbocycles. The highest BCUT2D eigenvalue weighted by atomic mass is 16.5. The van der Waals surface area contributed by atoms with Crippen LogP contribution >= 0.6 is 0 Å². The molecule has 1 aliphatic rings. The highest BCUT2D eigenvalue weighted by molar-refractivity contribution is 5.41. The lowest BCUT2D eigenvalue weighted by Crippen LogP contribution is -2.49. The van der Waals surface area contributed by atoms with Gasteiger partial charge < -0.3 is 15.2 Å². The average Bonchev–Trinajstić information content (AvgIpc) is 2.29. The van der Waals surface area contributed by atoms with E-state index in [-0.39, 0.29) is 17.7 Å². The second-order valence-electron chi connectivity index (χ2n) is 5.14. The van der Waals surface area contributed by atoms with Crippen molar-refractivity contribution >= 4 is 0 Å². The molecule has 17 heavy (non-hydrogen) atoms. The van der Waals surface area contributed by atoms with Gasteiger partial charge >= 0.3 is 0 Å². The summed E-state index contributed by atoms with van der Waals surface area (Å²) in [7, 11) is 1.70. The highest BCUT2D eigenvalue weighted by Gasteiger charge is 2.40. The second kappa shape index (κ2) is 4.31. The molecule has 3 unspecified atom stereocenters. The molecule has 1 aromatic carbocycles. The second-order valence-corrected chi connectivity index (χ2v) is 5.14. The lowest BCUT2D eigenvalue weighted by molar-refractivity contribution is -0.0707. The standard InChI is InChI=1S/C14H21NO2/c1-9-5-6-13-11(7-9)12(15)8-14(3,17-13)10(2)16-4/h5-7,10,12H,8,15H2,1-4H3. The highest BCUT2D eigenvalue weighted by Crippen LogP contribution is 2.40. The molecule has 0 amide bonds. The number of nitrogens with two attached hydrogens (primary N) is 1. The van der Waals surface area contributed by atoms with Gasteiger partial charge in [0.15, 0.2) is 0 Å². The first-order valence-corrected chi connectivity index (χ1v) is 6.04. The van der Waals surface area contributed by atoms with Gasteiger partial charge in [0.1, 0.15) is 11.4 Å². The van der Waals surface area contributed by atoms with E-state index in [4.69, 9.17) is 15.2 Å². The van der Waals surface area contributed by atoms with Crippen molar-refractivity contribution in [3.05, 3.63) is 29.3 Å². The molecule has 0 saturated carbocycles. The SMILES string of the molecule is COC(C)C1(C)CC(N)c2cc(C)ccc2O1. The number of rotatable bonds is 2. The zero-order valence-electron chi connectivity index (χ0n) is 11.0. The van der Waals surface area contributed by atoms with Crippen LogP contribution in [0.5, 0.6) is 5.75 Å². The van der Waals surface area contributed by atoms with Gasteiger partial charge in [-0.3, -0.25) is 0 Å². The lowest BCUT2D eigenvalue weighted by atomic mass is 9.85. The number of hydrogen-bond acceptors (Lipinski definition) is 3. The third-order valence-electron chi connectivity index (χ3n) is 3.75. The Morgan fingerprint density at radius 3 is 2.88 bits per heavy atom. The van der Waals surface area contributed by atoms with Crippen LogP contribution in [0.4, 0.5) is 0 Å². The molecule has 0 saturated heterocycles. The Balaban J connectivity index is 2.36. The molecule has 2 rings (SSSR count). The molecule has 0 radical (unpaired) electrons. The quantitative estimate of drug-likeness (QED) is 0.856. The Bertz CT molecular complexity index is 419. The Hall–Kier alpha value is -1.06. The van der Waals surface area contributed by atoms with Gasteiger partial charge in [-0.15, -0.1) is 0 Å². The van der Waals surface area contributed by atoms with Crippen LogP contribution in [0.2, 0.25) is 0 Å². The van der Waals surface area contributed by atoms with Gasteiger partial charge in [-0.05, 0) is 26.8 Å². The molecule has 0 spiro atoms. The van der Waals surface area contributed by atoms with E-state index in [0.29, 0.717) is 0 Å². The summed E-state index contributed by atoms with van der Waals surface area (Å²) in [5, 5.41) is 0. The van der Waals surface area contributed by atoms with E-state index in [9.17, 15) is 0 Å². The fourth-order valence-corrected chi connectivity index (χ4v) is 2.39. The Labute approximate surface area is 103 Å². The van der Waals surface area contributed by atoms with Crippen molar-refractivity contribution in [1.29, 1.82) is 0 Å². The average molecular weight is 235 g/mol. The minimum absolute atomic E-state index is 0.0150. The molecule has 3 atom stereocenters. The van der Waals surface area contributed by atoms with Gasteiger partial charge in [-0.1, -0.05) is 17.7 Å². The van der Waals surface area contributed by atoms with Crippen LogP contribution in [-0.4, -0.2) is 18.8 Å². The van der Waals surface area contributed by atoms with E-state index in [1.807, 2.05) is 13.0 Å². The third-order valence-corrected chi connectivity index (χ3v) is 3.75. The molecule has 94 valence electrons. The van der Waals surface area contributed by atoms with E-state index in [1.54, 1.807) is 7.11 Å². The first-order chi connectivity index (χ1) is 7.96. The van der Waals surface area contributed by atoms with E-state index >= 15 is 0 Å². The van der Waals surface area contributed by atoms with Crippen molar-refractivity contribution in [3.8, 4) is 5.75 Å². The van der Waals surface area contributed by atoms with E-state index in [0.717, 1.165) is 17.7 Å². The van der Waals surface area contributed by atoms with Crippen molar-refractivity contribution in [2.75, 3.05) is 7.11 Å². The van der Waals surface area contributed by atoms with Crippen LogP contribution in [0.1, 0.15) is 37.4 Å². The van der Waals surface area contributed by atoms with Crippen molar-refractivity contribution in [1.82, 2.24) is 0 Å². The fraction of sp³-hybridized carbons (Fsp3) is 0.571. The maximum Gasteiger partial charge on any atom is 0.134 e. The normalized spacial score (nSPS) is 29.4. The number of fused-ring (bicyclic) bond motifs is 1. The maximum atomic E-state index is 6.25. The van der Waals surface area contributed by atoms with E-state index in [2.05, 4.69) is 26.0 Å². The van der Waals surface area contributed by atoms with E-state index in [1.165, 1.54) is 5.56 Å². The molecule has 2 N–H and O–H groups in total. The Morgan fingerprint density at radius 2 is 2.24 bits per heavy atom. The zero-order chi connectivity index (χ0) is 12.6. The number of methoxy groups -OCH3 is 1. The van der Waals surface area contributed by atoms with Gasteiger partial charge in [-0.2, -0.15) is 0 Å². The first-order valence-electron chi connectivity index (χ1n) is 6.04. The number of aryl methyl sites for hydroxylation is 1. The molecular weight excluding hydrogens is 214 g/mol. The topological polar surface area (TPSA) is 44.5 Å². The van der Waals surface area contributed by atoms with Crippen molar-refractivity contribution in [2.45, 2.75) is 44.9 Å². The fourth-order valence-electron chi connectivity index (χ4n) is 2.39. The minimum atomic E-state index is -0.351. The smallest absolute Gasteiger partial charge is 0.134 e. The molecule has 1 aliphatic heterocycles. The lowest BCUT2D eigenvalue weighted by Gasteiger charge is -2.42. The third kappa shape index (κ3) is 2.17. The number of benzene rings is 1. The molecule has 1 aromatic rings. The van der Waals surface area contributed by atoms with Crippen LogP contribution in [0, 0.1) is 6.92 Å². The Kier molecular flexibility index (Phi) is 3.15. The van der Waals surface area contributed by atoms with Gasteiger partial charge in [0, 0.05) is 25.1 Å². The van der Waals surface area contributed by atoms with Crippen molar-refractivity contribution in [3.63, 3.8) is 0 Å². The Morgan fingerprint density at radius 1 is 1.53 bits per heavy atom. The van der Waals surface area contributed by atoms with Crippen LogP contribution in [0.15, 0.2) is 18.2 Å². The summed E-state index contributed by atoms with van der Waals surface area (Å²) in [5.74, 6) is 0.890. The number of ether oxygens (including phenoxy) is 2. The van der Waals surface area contributed by atoms with Crippen LogP contribution in [-0.2, 0) is 4.74 Å². The summed E-state index contributed by atoms with van der Waals surface area (Å²) in [6.07, 6.45) is 0.793. The zero-order valence-corrected chi connectivity index (χ0v) is 11.0. The molecule has 0 bridgehead atoms. The van der Waals surface area contributed by atoms with Gasteiger partial charge in [0.25, 0.3) is 0 Å². The van der Waals surface area contributed by atoms with Gasteiger partial charge in [0.05, 0.1) is 6.10 Å². The largest absolute Gasteiger partial charge is 0.484 e. The number of hydrogen-bond donors (Lipinski definition) is 1. The monoisotopic (exact) mass is 235 g/mol. The summed E-state index contributed by atoms with van der Waals surface area (Å²) in [5.41, 5.74) is 8.21. The predicted molar refractivity (Wildman–Crippen MR) is 68.2 cm³/mol.